The van der Waals surface area contributed by atoms with Gasteiger partial charge in [0.2, 0.25) is 0 Å². The van der Waals surface area contributed by atoms with Crippen LogP contribution in [0.15, 0.2) is 18.2 Å². The van der Waals surface area contributed by atoms with Crippen LogP contribution < -0.4 is 0 Å². The first-order valence-electron chi connectivity index (χ1n) is 2.47. The molecule has 0 nitrogen and oxygen atoms in total. The first kappa shape index (κ1) is 17.0. The maximum absolute atomic E-state index is 4.64. The average Bonchev–Trinajstić information content (AvgIpc) is 2.51. The number of rotatable bonds is 0. The topological polar surface area (TPSA) is 0 Å². The SMILES string of the molecule is CCl.CCl.[C-]1=CC=CC1.[Ti]. The van der Waals surface area contributed by atoms with Gasteiger partial charge in [-0.2, -0.15) is 6.08 Å². The molecule has 1 aliphatic rings. The van der Waals surface area contributed by atoms with Crippen LogP contribution in [0.2, 0.25) is 0 Å². The van der Waals surface area contributed by atoms with Crippen molar-refractivity contribution in [2.45, 2.75) is 6.42 Å². The fourth-order valence-electron chi connectivity index (χ4n) is 0.340. The predicted octanol–water partition coefficient (Wildman–Crippen LogP) is 3.01. The maximum atomic E-state index is 4.64. The molecule has 1 rings (SSSR count). The van der Waals surface area contributed by atoms with Gasteiger partial charge in [-0.1, -0.05) is 0 Å². The van der Waals surface area contributed by atoms with Gasteiger partial charge in [-0.25, -0.2) is 12.2 Å². The molecule has 0 amide bonds. The Bertz CT molecular complexity index is 69.7. The molecule has 0 unspecified atom stereocenters. The summed E-state index contributed by atoms with van der Waals surface area (Å²) in [5, 5.41) is 0. The Morgan fingerprint density at radius 2 is 1.70 bits per heavy atom. The summed E-state index contributed by atoms with van der Waals surface area (Å²) in [5.41, 5.74) is 0. The summed E-state index contributed by atoms with van der Waals surface area (Å²) in [5.74, 6) is 0. The smallest absolute Gasteiger partial charge is 0.0108 e. The largest absolute Gasteiger partial charge is 0.273 e. The Hall–Kier alpha value is 0.774. The van der Waals surface area contributed by atoms with Gasteiger partial charge in [0.05, 0.1) is 0 Å². The number of alkyl halides is 2. The normalized spacial score (nSPS) is 10.0. The van der Waals surface area contributed by atoms with E-state index >= 15 is 0 Å². The molecule has 0 aromatic rings. The molecule has 0 aromatic heterocycles. The van der Waals surface area contributed by atoms with Crippen LogP contribution in [-0.2, 0) is 21.7 Å². The van der Waals surface area contributed by atoms with Crippen molar-refractivity contribution in [3.63, 3.8) is 0 Å². The third-order valence-electron chi connectivity index (χ3n) is 0.586. The first-order chi connectivity index (χ1) is 4.50. The van der Waals surface area contributed by atoms with Crippen LogP contribution in [0.1, 0.15) is 6.42 Å². The third-order valence-corrected chi connectivity index (χ3v) is 0.586. The van der Waals surface area contributed by atoms with Crippen LogP contribution in [0.4, 0.5) is 0 Å². The molecule has 0 bridgehead atoms. The van der Waals surface area contributed by atoms with Crippen LogP contribution in [0.25, 0.3) is 0 Å². The van der Waals surface area contributed by atoms with Gasteiger partial charge in [0.1, 0.15) is 0 Å². The summed E-state index contributed by atoms with van der Waals surface area (Å²) in [4.78, 5) is 0. The summed E-state index contributed by atoms with van der Waals surface area (Å²) in [7, 11) is 0. The fourth-order valence-corrected chi connectivity index (χ4v) is 0.340. The Morgan fingerprint density at radius 3 is 1.80 bits per heavy atom. The van der Waals surface area contributed by atoms with Crippen LogP contribution in [0.5, 0.6) is 0 Å². The minimum absolute atomic E-state index is 0. The van der Waals surface area contributed by atoms with E-state index < -0.39 is 0 Å². The van der Waals surface area contributed by atoms with Crippen molar-refractivity contribution in [2.75, 3.05) is 12.8 Å². The van der Waals surface area contributed by atoms with Crippen molar-refractivity contribution in [1.82, 2.24) is 0 Å². The molecule has 0 aliphatic heterocycles. The Morgan fingerprint density at radius 1 is 1.20 bits per heavy atom. The Labute approximate surface area is 88.2 Å². The molecular weight excluding hydrogens is 203 g/mol. The molecule has 10 heavy (non-hydrogen) atoms. The molecule has 0 atom stereocenters. The summed E-state index contributed by atoms with van der Waals surface area (Å²) in [6, 6.07) is 0. The molecule has 0 fully saturated rings. The molecule has 0 saturated heterocycles. The van der Waals surface area contributed by atoms with Gasteiger partial charge in [-0.3, -0.25) is 6.08 Å². The maximum Gasteiger partial charge on any atom is 0.0108 e. The van der Waals surface area contributed by atoms with E-state index in [1.165, 1.54) is 12.8 Å². The van der Waals surface area contributed by atoms with Gasteiger partial charge >= 0.3 is 0 Å². The van der Waals surface area contributed by atoms with Crippen molar-refractivity contribution >= 4 is 23.2 Å². The van der Waals surface area contributed by atoms with Crippen molar-refractivity contribution in [3.8, 4) is 0 Å². The van der Waals surface area contributed by atoms with Crippen LogP contribution in [-0.4, -0.2) is 12.8 Å². The number of allylic oxidation sites excluding steroid dienone is 4. The molecular formula is C7H11Cl2Ti-. The van der Waals surface area contributed by atoms with E-state index in [1.807, 2.05) is 12.2 Å². The van der Waals surface area contributed by atoms with E-state index in [0.29, 0.717) is 0 Å². The van der Waals surface area contributed by atoms with Crippen LogP contribution in [0.3, 0.4) is 0 Å². The number of hydrogen-bond donors (Lipinski definition) is 0. The monoisotopic (exact) mass is 213 g/mol. The molecule has 3 heteroatoms. The standard InChI is InChI=1S/C5H5.2CH3Cl.Ti/c1-2-4-5-3-1;2*1-2;/h1-3H,4H2;2*1H3;/q-1;;;. The van der Waals surface area contributed by atoms with E-state index in [-0.39, 0.29) is 21.7 Å². The third kappa shape index (κ3) is 15.9. The number of hydrogen-bond acceptors (Lipinski definition) is 0. The predicted molar refractivity (Wildman–Crippen MR) is 45.1 cm³/mol. The van der Waals surface area contributed by atoms with Crippen LogP contribution >= 0.6 is 23.2 Å². The van der Waals surface area contributed by atoms with Gasteiger partial charge < -0.3 is 0 Å². The molecule has 58 valence electrons. The van der Waals surface area contributed by atoms with E-state index in [9.17, 15) is 0 Å². The Kier molecular flexibility index (Phi) is 38.4. The number of halogens is 2. The summed E-state index contributed by atoms with van der Waals surface area (Å²) in [6.07, 6.45) is 12.9. The van der Waals surface area contributed by atoms with Crippen LogP contribution in [0, 0.1) is 6.08 Å². The second-order valence-corrected chi connectivity index (χ2v) is 1.00. The average molecular weight is 214 g/mol. The van der Waals surface area contributed by atoms with Crippen molar-refractivity contribution < 1.29 is 21.7 Å². The fraction of sp³-hybridized carbons (Fsp3) is 0.429. The van der Waals surface area contributed by atoms with Gasteiger partial charge in [0.25, 0.3) is 0 Å². The van der Waals surface area contributed by atoms with Gasteiger partial charge in [0.15, 0.2) is 0 Å². The van der Waals surface area contributed by atoms with Crippen molar-refractivity contribution in [3.05, 3.63) is 24.3 Å². The van der Waals surface area contributed by atoms with Gasteiger partial charge in [0, 0.05) is 34.5 Å². The quantitative estimate of drug-likeness (QED) is 0.330. The zero-order valence-electron chi connectivity index (χ0n) is 6.20. The Balaban J connectivity index is -0.0000000875. The van der Waals surface area contributed by atoms with E-state index in [0.717, 1.165) is 6.42 Å². The minimum Gasteiger partial charge on any atom is -0.273 e. The van der Waals surface area contributed by atoms with E-state index in [2.05, 4.69) is 35.4 Å². The summed E-state index contributed by atoms with van der Waals surface area (Å²) >= 11 is 9.28. The molecule has 0 saturated carbocycles. The zero-order chi connectivity index (χ0) is 7.54. The first-order valence-corrected chi connectivity index (χ1v) is 3.98. The van der Waals surface area contributed by atoms with E-state index in [1.54, 1.807) is 0 Å². The second kappa shape index (κ2) is 22.6. The summed E-state index contributed by atoms with van der Waals surface area (Å²) < 4.78 is 0. The molecule has 0 radical (unpaired) electrons. The molecule has 1 aliphatic carbocycles. The van der Waals surface area contributed by atoms with Gasteiger partial charge in [-0.15, -0.1) is 29.6 Å². The van der Waals surface area contributed by atoms with Crippen molar-refractivity contribution in [2.24, 2.45) is 0 Å². The molecule has 0 spiro atoms. The van der Waals surface area contributed by atoms with Crippen molar-refractivity contribution in [1.29, 1.82) is 0 Å². The van der Waals surface area contributed by atoms with Gasteiger partial charge in [-0.05, 0) is 0 Å². The van der Waals surface area contributed by atoms with E-state index in [4.69, 9.17) is 0 Å². The molecule has 0 N–H and O–H groups in total. The second-order valence-electron chi connectivity index (χ2n) is 1.00. The molecule has 0 heterocycles. The molecule has 0 aromatic carbocycles. The minimum atomic E-state index is 0. The summed E-state index contributed by atoms with van der Waals surface area (Å²) in [6.45, 7) is 0. The zero-order valence-corrected chi connectivity index (χ0v) is 9.27.